The third kappa shape index (κ3) is 2.25. The molecule has 1 saturated heterocycles. The second kappa shape index (κ2) is 4.91. The first kappa shape index (κ1) is 11.5. The minimum atomic E-state index is -0.157. The van der Waals surface area contributed by atoms with E-state index in [1.54, 1.807) is 4.90 Å². The van der Waals surface area contributed by atoms with E-state index in [2.05, 4.69) is 0 Å². The van der Waals surface area contributed by atoms with Gasteiger partial charge in [0.2, 0.25) is 5.91 Å². The van der Waals surface area contributed by atoms with E-state index in [0.717, 1.165) is 24.0 Å². The standard InChI is InChI=1S/C13H14N2O2/c14-9-10-1-3-12(4-2-10)15-7-5-11(6-8-16)13(15)17/h1-4,8-9,11,14H,5-7H2. The van der Waals surface area contributed by atoms with E-state index in [1.807, 2.05) is 24.3 Å². The Morgan fingerprint density at radius 1 is 1.35 bits per heavy atom. The summed E-state index contributed by atoms with van der Waals surface area (Å²) in [4.78, 5) is 24.1. The fraction of sp³-hybridized carbons (Fsp3) is 0.308. The number of hydrogen-bond donors (Lipinski definition) is 1. The molecule has 1 aliphatic heterocycles. The molecule has 17 heavy (non-hydrogen) atoms. The van der Waals surface area contributed by atoms with Gasteiger partial charge in [-0.2, -0.15) is 0 Å². The lowest BCUT2D eigenvalue weighted by atomic mass is 10.1. The van der Waals surface area contributed by atoms with Crippen LogP contribution in [0.2, 0.25) is 0 Å². The molecule has 1 aromatic carbocycles. The maximum absolute atomic E-state index is 12.0. The molecule has 1 atom stereocenters. The van der Waals surface area contributed by atoms with Gasteiger partial charge in [-0.1, -0.05) is 12.1 Å². The minimum Gasteiger partial charge on any atom is -0.312 e. The molecule has 1 aliphatic rings. The van der Waals surface area contributed by atoms with Crippen LogP contribution in [-0.4, -0.2) is 25.0 Å². The molecule has 0 saturated carbocycles. The Labute approximate surface area is 99.7 Å². The summed E-state index contributed by atoms with van der Waals surface area (Å²) < 4.78 is 0. The monoisotopic (exact) mass is 230 g/mol. The molecule has 1 unspecified atom stereocenters. The van der Waals surface area contributed by atoms with Gasteiger partial charge >= 0.3 is 0 Å². The smallest absolute Gasteiger partial charge is 0.230 e. The van der Waals surface area contributed by atoms with Crippen molar-refractivity contribution < 1.29 is 9.59 Å². The molecule has 2 rings (SSSR count). The molecule has 1 amide bonds. The quantitative estimate of drug-likeness (QED) is 0.631. The van der Waals surface area contributed by atoms with Crippen LogP contribution < -0.4 is 4.90 Å². The van der Waals surface area contributed by atoms with E-state index in [9.17, 15) is 9.59 Å². The predicted octanol–water partition coefficient (Wildman–Crippen LogP) is 1.63. The maximum Gasteiger partial charge on any atom is 0.230 e. The van der Waals surface area contributed by atoms with Gasteiger partial charge in [-0.25, -0.2) is 0 Å². The number of anilines is 1. The first-order valence-electron chi connectivity index (χ1n) is 5.62. The molecule has 1 aromatic rings. The molecule has 0 bridgehead atoms. The topological polar surface area (TPSA) is 61.2 Å². The molecule has 88 valence electrons. The molecule has 1 N–H and O–H groups in total. The minimum absolute atomic E-state index is 0.0275. The van der Waals surface area contributed by atoms with Gasteiger partial charge in [-0.3, -0.25) is 4.79 Å². The first-order chi connectivity index (χ1) is 8.26. The highest BCUT2D eigenvalue weighted by atomic mass is 16.2. The second-order valence-electron chi connectivity index (χ2n) is 4.11. The van der Waals surface area contributed by atoms with Crippen molar-refractivity contribution in [2.75, 3.05) is 11.4 Å². The number of carbonyl (C=O) groups excluding carboxylic acids is 2. The van der Waals surface area contributed by atoms with Gasteiger partial charge in [-0.15, -0.1) is 0 Å². The normalized spacial score (nSPS) is 19.4. The summed E-state index contributed by atoms with van der Waals surface area (Å²) in [5.74, 6) is -0.130. The largest absolute Gasteiger partial charge is 0.312 e. The van der Waals surface area contributed by atoms with Crippen molar-refractivity contribution in [3.05, 3.63) is 29.8 Å². The van der Waals surface area contributed by atoms with E-state index >= 15 is 0 Å². The second-order valence-corrected chi connectivity index (χ2v) is 4.11. The zero-order valence-electron chi connectivity index (χ0n) is 9.43. The van der Waals surface area contributed by atoms with Gasteiger partial charge in [-0.05, 0) is 24.1 Å². The molecule has 0 spiro atoms. The number of nitrogens with zero attached hydrogens (tertiary/aromatic N) is 1. The molecule has 0 radical (unpaired) electrons. The first-order valence-corrected chi connectivity index (χ1v) is 5.62. The lowest BCUT2D eigenvalue weighted by Crippen LogP contribution is -2.27. The van der Waals surface area contributed by atoms with Crippen LogP contribution in [0.5, 0.6) is 0 Å². The summed E-state index contributed by atoms with van der Waals surface area (Å²) in [5.41, 5.74) is 1.65. The van der Waals surface area contributed by atoms with E-state index in [4.69, 9.17) is 5.41 Å². The van der Waals surface area contributed by atoms with Gasteiger partial charge in [0, 0.05) is 30.8 Å². The van der Waals surface area contributed by atoms with Gasteiger partial charge in [0.25, 0.3) is 0 Å². The van der Waals surface area contributed by atoms with Gasteiger partial charge in [0.05, 0.1) is 0 Å². The molecular formula is C13H14N2O2. The Morgan fingerprint density at radius 3 is 2.65 bits per heavy atom. The van der Waals surface area contributed by atoms with E-state index < -0.39 is 0 Å². The number of benzene rings is 1. The predicted molar refractivity (Wildman–Crippen MR) is 65.5 cm³/mol. The highest BCUT2D eigenvalue weighted by Crippen LogP contribution is 2.26. The molecule has 0 aromatic heterocycles. The van der Waals surface area contributed by atoms with E-state index in [1.165, 1.54) is 6.21 Å². The number of nitrogens with one attached hydrogen (secondary N) is 1. The third-order valence-electron chi connectivity index (χ3n) is 3.07. The molecule has 1 fully saturated rings. The van der Waals surface area contributed by atoms with E-state index in [-0.39, 0.29) is 11.8 Å². The number of amides is 1. The molecular weight excluding hydrogens is 216 g/mol. The van der Waals surface area contributed by atoms with Crippen LogP contribution in [-0.2, 0) is 9.59 Å². The third-order valence-corrected chi connectivity index (χ3v) is 3.07. The van der Waals surface area contributed by atoms with Crippen molar-refractivity contribution in [2.24, 2.45) is 5.92 Å². The summed E-state index contributed by atoms with van der Waals surface area (Å²) in [6.45, 7) is 0.668. The highest BCUT2D eigenvalue weighted by Gasteiger charge is 2.31. The van der Waals surface area contributed by atoms with Crippen LogP contribution in [0, 0.1) is 11.3 Å². The van der Waals surface area contributed by atoms with Crippen molar-refractivity contribution >= 4 is 24.1 Å². The Balaban J connectivity index is 2.15. The van der Waals surface area contributed by atoms with Crippen molar-refractivity contribution in [1.29, 1.82) is 5.41 Å². The molecule has 4 nitrogen and oxygen atoms in total. The fourth-order valence-electron chi connectivity index (χ4n) is 2.08. The maximum atomic E-state index is 12.0. The lowest BCUT2D eigenvalue weighted by molar-refractivity contribution is -0.122. The zero-order chi connectivity index (χ0) is 12.3. The number of carbonyl (C=O) groups is 2. The zero-order valence-corrected chi connectivity index (χ0v) is 9.43. The Kier molecular flexibility index (Phi) is 3.32. The molecule has 4 heteroatoms. The van der Waals surface area contributed by atoms with E-state index in [0.29, 0.717) is 13.0 Å². The Hall–Kier alpha value is -1.97. The summed E-state index contributed by atoms with van der Waals surface area (Å²) in [5, 5.41) is 7.11. The van der Waals surface area contributed by atoms with Crippen LogP contribution in [0.15, 0.2) is 24.3 Å². The Morgan fingerprint density at radius 2 is 2.06 bits per heavy atom. The van der Waals surface area contributed by atoms with Crippen molar-refractivity contribution in [3.63, 3.8) is 0 Å². The summed E-state index contributed by atoms with van der Waals surface area (Å²) in [7, 11) is 0. The SMILES string of the molecule is N=Cc1ccc(N2CCC(CC=O)C2=O)cc1. The number of rotatable bonds is 4. The van der Waals surface area contributed by atoms with Crippen LogP contribution in [0.25, 0.3) is 0 Å². The van der Waals surface area contributed by atoms with Crippen LogP contribution in [0.3, 0.4) is 0 Å². The Bertz CT molecular complexity index is 439. The average Bonchev–Trinajstić information content (AvgIpc) is 2.72. The van der Waals surface area contributed by atoms with Crippen LogP contribution in [0.1, 0.15) is 18.4 Å². The lowest BCUT2D eigenvalue weighted by Gasteiger charge is -2.16. The average molecular weight is 230 g/mol. The molecule has 1 heterocycles. The van der Waals surface area contributed by atoms with Crippen molar-refractivity contribution in [1.82, 2.24) is 0 Å². The van der Waals surface area contributed by atoms with Crippen molar-refractivity contribution in [3.8, 4) is 0 Å². The fourth-order valence-corrected chi connectivity index (χ4v) is 2.08. The van der Waals surface area contributed by atoms with Crippen LogP contribution >= 0.6 is 0 Å². The highest BCUT2D eigenvalue weighted by molar-refractivity contribution is 5.98. The van der Waals surface area contributed by atoms with Crippen LogP contribution in [0.4, 0.5) is 5.69 Å². The number of hydrogen-bond acceptors (Lipinski definition) is 3. The van der Waals surface area contributed by atoms with Crippen molar-refractivity contribution in [2.45, 2.75) is 12.8 Å². The summed E-state index contributed by atoms with van der Waals surface area (Å²) in [6, 6.07) is 7.29. The summed E-state index contributed by atoms with van der Waals surface area (Å²) >= 11 is 0. The van der Waals surface area contributed by atoms with Gasteiger partial charge in [0.1, 0.15) is 6.29 Å². The number of aldehydes is 1. The van der Waals surface area contributed by atoms with Gasteiger partial charge in [0.15, 0.2) is 0 Å². The van der Waals surface area contributed by atoms with Gasteiger partial charge < -0.3 is 15.1 Å². The summed E-state index contributed by atoms with van der Waals surface area (Å²) in [6.07, 6.45) is 3.13. The molecule has 0 aliphatic carbocycles.